The molecule has 0 atom stereocenters. The molecule has 4 rings (SSSR count). The zero-order valence-corrected chi connectivity index (χ0v) is 20.5. The van der Waals surface area contributed by atoms with Crippen molar-refractivity contribution in [1.82, 2.24) is 0 Å². The lowest BCUT2D eigenvalue weighted by Crippen LogP contribution is -2.41. The van der Waals surface area contributed by atoms with Gasteiger partial charge >= 0.3 is 7.12 Å². The first-order valence-electron chi connectivity index (χ1n) is 10.5. The van der Waals surface area contributed by atoms with Gasteiger partial charge < -0.3 is 14.0 Å². The number of ether oxygens (including phenoxy) is 1. The minimum atomic E-state index is -0.644. The SMILES string of the molecule is CC1(C)OB(c2ccc(Sc3ccc(Br)c(OC4CCCC4)c3F)c(F)c2)OC1(C)C. The van der Waals surface area contributed by atoms with E-state index in [0.717, 1.165) is 37.4 Å². The summed E-state index contributed by atoms with van der Waals surface area (Å²) in [7, 11) is -0.644. The summed E-state index contributed by atoms with van der Waals surface area (Å²) >= 11 is 4.42. The number of hydrogen-bond acceptors (Lipinski definition) is 4. The Labute approximate surface area is 195 Å². The van der Waals surface area contributed by atoms with E-state index in [9.17, 15) is 4.39 Å². The summed E-state index contributed by atoms with van der Waals surface area (Å²) in [5.41, 5.74) is -0.405. The Kier molecular flexibility index (Phi) is 6.47. The molecule has 0 unspecified atom stereocenters. The third-order valence-corrected chi connectivity index (χ3v) is 8.01. The number of hydrogen-bond donors (Lipinski definition) is 0. The summed E-state index contributed by atoms with van der Waals surface area (Å²) in [5.74, 6) is -0.718. The fraction of sp³-hybridized carbons (Fsp3) is 0.478. The van der Waals surface area contributed by atoms with Gasteiger partial charge in [-0.15, -0.1) is 0 Å². The molecule has 166 valence electrons. The van der Waals surface area contributed by atoms with Crippen LogP contribution in [0.1, 0.15) is 53.4 Å². The van der Waals surface area contributed by atoms with Gasteiger partial charge in [0.25, 0.3) is 0 Å². The Morgan fingerprint density at radius 1 is 1.00 bits per heavy atom. The lowest BCUT2D eigenvalue weighted by Gasteiger charge is -2.32. The normalized spacial score (nSPS) is 20.4. The molecule has 8 heteroatoms. The van der Waals surface area contributed by atoms with Crippen molar-refractivity contribution in [3.05, 3.63) is 46.4 Å². The average Bonchev–Trinajstić information content (AvgIpc) is 3.28. The molecule has 0 N–H and O–H groups in total. The fourth-order valence-corrected chi connectivity index (χ4v) is 4.97. The number of rotatable bonds is 5. The highest BCUT2D eigenvalue weighted by molar-refractivity contribution is 9.10. The molecule has 0 spiro atoms. The topological polar surface area (TPSA) is 27.7 Å². The van der Waals surface area contributed by atoms with E-state index in [0.29, 0.717) is 19.7 Å². The van der Waals surface area contributed by atoms with Gasteiger partial charge in [0.2, 0.25) is 0 Å². The maximum absolute atomic E-state index is 15.2. The summed E-state index contributed by atoms with van der Waals surface area (Å²) in [6, 6.07) is 8.18. The van der Waals surface area contributed by atoms with Gasteiger partial charge in [-0.25, -0.2) is 8.78 Å². The highest BCUT2D eigenvalue weighted by atomic mass is 79.9. The van der Waals surface area contributed by atoms with Crippen LogP contribution >= 0.6 is 27.7 Å². The van der Waals surface area contributed by atoms with Gasteiger partial charge in [0, 0.05) is 4.90 Å². The van der Waals surface area contributed by atoms with Gasteiger partial charge in [-0.2, -0.15) is 0 Å². The zero-order chi connectivity index (χ0) is 22.4. The Balaban J connectivity index is 1.54. The van der Waals surface area contributed by atoms with Crippen molar-refractivity contribution >= 4 is 40.3 Å². The molecular weight excluding hydrogens is 485 g/mol. The van der Waals surface area contributed by atoms with E-state index < -0.39 is 30.0 Å². The average molecular weight is 511 g/mol. The van der Waals surface area contributed by atoms with Crippen LogP contribution < -0.4 is 10.2 Å². The van der Waals surface area contributed by atoms with Crippen molar-refractivity contribution in [3.63, 3.8) is 0 Å². The summed E-state index contributed by atoms with van der Waals surface area (Å²) in [6.45, 7) is 7.81. The minimum Gasteiger partial charge on any atom is -0.486 e. The van der Waals surface area contributed by atoms with Gasteiger partial charge in [0.15, 0.2) is 11.6 Å². The van der Waals surface area contributed by atoms with Gasteiger partial charge in [-0.05, 0) is 99.0 Å². The van der Waals surface area contributed by atoms with E-state index >= 15 is 4.39 Å². The van der Waals surface area contributed by atoms with Gasteiger partial charge in [0.1, 0.15) is 5.82 Å². The molecule has 1 saturated heterocycles. The number of benzene rings is 2. The molecule has 0 bridgehead atoms. The van der Waals surface area contributed by atoms with Crippen LogP contribution in [-0.4, -0.2) is 24.4 Å². The van der Waals surface area contributed by atoms with Crippen molar-refractivity contribution in [2.45, 2.75) is 80.5 Å². The van der Waals surface area contributed by atoms with E-state index in [2.05, 4.69) is 15.9 Å². The smallest absolute Gasteiger partial charge is 0.486 e. The second kappa shape index (κ2) is 8.69. The van der Waals surface area contributed by atoms with E-state index in [1.165, 1.54) is 6.07 Å². The third kappa shape index (κ3) is 4.68. The molecule has 2 aromatic carbocycles. The van der Waals surface area contributed by atoms with Gasteiger partial charge in [-0.3, -0.25) is 0 Å². The van der Waals surface area contributed by atoms with Crippen LogP contribution in [0.3, 0.4) is 0 Å². The molecule has 0 radical (unpaired) electrons. The molecule has 3 nitrogen and oxygen atoms in total. The monoisotopic (exact) mass is 510 g/mol. The molecule has 2 fully saturated rings. The summed E-state index contributed by atoms with van der Waals surface area (Å²) < 4.78 is 48.6. The molecule has 1 aliphatic heterocycles. The fourth-order valence-electron chi connectivity index (χ4n) is 3.72. The van der Waals surface area contributed by atoms with Crippen molar-refractivity contribution in [2.24, 2.45) is 0 Å². The van der Waals surface area contributed by atoms with Crippen LogP contribution in [0, 0.1) is 11.6 Å². The maximum Gasteiger partial charge on any atom is 0.494 e. The number of halogens is 3. The van der Waals surface area contributed by atoms with Crippen molar-refractivity contribution in [3.8, 4) is 5.75 Å². The molecule has 1 heterocycles. The van der Waals surface area contributed by atoms with Gasteiger partial charge in [-0.1, -0.05) is 17.8 Å². The summed E-state index contributed by atoms with van der Waals surface area (Å²) in [4.78, 5) is 0.645. The zero-order valence-electron chi connectivity index (χ0n) is 18.1. The first-order valence-corrected chi connectivity index (χ1v) is 12.2. The Bertz CT molecular complexity index is 964. The Morgan fingerprint density at radius 2 is 1.61 bits per heavy atom. The second-order valence-corrected chi connectivity index (χ2v) is 11.0. The molecule has 1 saturated carbocycles. The van der Waals surface area contributed by atoms with Crippen LogP contribution in [0.15, 0.2) is 44.6 Å². The van der Waals surface area contributed by atoms with Crippen LogP contribution in [-0.2, 0) is 9.31 Å². The Morgan fingerprint density at radius 3 is 2.23 bits per heavy atom. The Hall–Kier alpha value is -1.09. The van der Waals surface area contributed by atoms with E-state index in [4.69, 9.17) is 14.0 Å². The quantitative estimate of drug-likeness (QED) is 0.429. The lowest BCUT2D eigenvalue weighted by molar-refractivity contribution is 0.00578. The van der Waals surface area contributed by atoms with E-state index in [1.54, 1.807) is 24.3 Å². The predicted molar refractivity (Wildman–Crippen MR) is 123 cm³/mol. The van der Waals surface area contributed by atoms with Crippen LogP contribution in [0.4, 0.5) is 8.78 Å². The highest BCUT2D eigenvalue weighted by Crippen LogP contribution is 2.40. The third-order valence-electron chi connectivity index (χ3n) is 6.30. The predicted octanol–water partition coefficient (Wildman–Crippen LogP) is 6.50. The second-order valence-electron chi connectivity index (χ2n) is 9.09. The maximum atomic E-state index is 15.2. The van der Waals surface area contributed by atoms with Crippen molar-refractivity contribution in [2.75, 3.05) is 0 Å². The van der Waals surface area contributed by atoms with Gasteiger partial charge in [0.05, 0.1) is 26.7 Å². The standard InChI is InChI=1S/C23H26BBrF2O3S/c1-22(2)23(3,4)30-24(29-22)14-9-11-18(17(26)13-14)31-19-12-10-16(25)21(20(19)27)28-15-7-5-6-8-15/h9-13,15H,5-8H2,1-4H3. The molecule has 2 aromatic rings. The van der Waals surface area contributed by atoms with E-state index in [-0.39, 0.29) is 11.9 Å². The molecule has 1 aliphatic carbocycles. The van der Waals surface area contributed by atoms with Crippen LogP contribution in [0.2, 0.25) is 0 Å². The molecule has 0 amide bonds. The first kappa shape index (κ1) is 23.1. The van der Waals surface area contributed by atoms with Crippen LogP contribution in [0.25, 0.3) is 0 Å². The largest absolute Gasteiger partial charge is 0.494 e. The molecule has 2 aliphatic rings. The molecular formula is C23H26BBrF2O3S. The van der Waals surface area contributed by atoms with Crippen molar-refractivity contribution in [1.29, 1.82) is 0 Å². The first-order chi connectivity index (χ1) is 14.6. The van der Waals surface area contributed by atoms with Crippen molar-refractivity contribution < 1.29 is 22.8 Å². The van der Waals surface area contributed by atoms with E-state index in [1.807, 2.05) is 27.7 Å². The highest BCUT2D eigenvalue weighted by Gasteiger charge is 2.51. The summed E-state index contributed by atoms with van der Waals surface area (Å²) in [5, 5.41) is 0. The molecule has 31 heavy (non-hydrogen) atoms. The molecule has 0 aromatic heterocycles. The minimum absolute atomic E-state index is 0.0296. The van der Waals surface area contributed by atoms with Crippen LogP contribution in [0.5, 0.6) is 5.75 Å². The lowest BCUT2D eigenvalue weighted by atomic mass is 9.79. The summed E-state index contributed by atoms with van der Waals surface area (Å²) in [6.07, 6.45) is 4.08.